The lowest BCUT2D eigenvalue weighted by Gasteiger charge is -2.35. The highest BCUT2D eigenvalue weighted by Crippen LogP contribution is 2.27. The molecule has 2 N–H and O–H groups in total. The zero-order valence-corrected chi connectivity index (χ0v) is 15.7. The minimum absolute atomic E-state index is 0.172. The van der Waals surface area contributed by atoms with E-state index in [1.807, 2.05) is 0 Å². The van der Waals surface area contributed by atoms with Gasteiger partial charge in [-0.25, -0.2) is 8.78 Å². The van der Waals surface area contributed by atoms with Crippen molar-refractivity contribution in [3.05, 3.63) is 35.4 Å². The first kappa shape index (κ1) is 20.2. The minimum Gasteiger partial charge on any atom is -0.350 e. The second-order valence-electron chi connectivity index (χ2n) is 7.06. The van der Waals surface area contributed by atoms with E-state index in [1.54, 1.807) is 6.92 Å². The highest BCUT2D eigenvalue weighted by molar-refractivity contribution is 6.35. The Bertz CT molecular complexity index is 774. The van der Waals surface area contributed by atoms with Crippen LogP contribution in [-0.4, -0.2) is 72.8 Å². The van der Waals surface area contributed by atoms with Gasteiger partial charge in [0.2, 0.25) is 5.91 Å². The minimum atomic E-state index is -0.918. The fraction of sp³-hybridized carbons (Fsp3) is 0.526. The summed E-state index contributed by atoms with van der Waals surface area (Å²) in [6.45, 7) is 3.92. The van der Waals surface area contributed by atoms with Crippen molar-refractivity contribution in [1.82, 2.24) is 20.4 Å². The number of rotatable bonds is 5. The van der Waals surface area contributed by atoms with E-state index in [2.05, 4.69) is 10.6 Å². The second-order valence-corrected chi connectivity index (χ2v) is 7.06. The molecule has 3 amide bonds. The first-order valence-corrected chi connectivity index (χ1v) is 9.44. The van der Waals surface area contributed by atoms with Crippen LogP contribution in [0.4, 0.5) is 8.78 Å². The van der Waals surface area contributed by atoms with Crippen molar-refractivity contribution >= 4 is 17.7 Å². The van der Waals surface area contributed by atoms with E-state index in [-0.39, 0.29) is 24.4 Å². The Morgan fingerprint density at radius 3 is 2.61 bits per heavy atom. The smallest absolute Gasteiger partial charge is 0.312 e. The van der Waals surface area contributed by atoms with Crippen molar-refractivity contribution in [3.8, 4) is 0 Å². The Labute approximate surface area is 162 Å². The number of piperidine rings is 1. The number of nitrogens with zero attached hydrogens (tertiary/aromatic N) is 2. The quantitative estimate of drug-likeness (QED) is 0.700. The van der Waals surface area contributed by atoms with Crippen LogP contribution < -0.4 is 10.6 Å². The predicted molar refractivity (Wildman–Crippen MR) is 97.4 cm³/mol. The molecule has 0 aliphatic carbocycles. The zero-order valence-electron chi connectivity index (χ0n) is 15.7. The predicted octanol–water partition coefficient (Wildman–Crippen LogP) is 0.217. The van der Waals surface area contributed by atoms with E-state index < -0.39 is 23.4 Å². The number of likely N-dealkylation sites (N-methyl/N-ethyl adjacent to an activating group) is 1. The average Bonchev–Trinajstić information content (AvgIpc) is 2.68. The van der Waals surface area contributed by atoms with Crippen LogP contribution >= 0.6 is 0 Å². The number of hydrogen-bond donors (Lipinski definition) is 2. The molecule has 0 saturated carbocycles. The number of carbonyl (C=O) groups excluding carboxylic acids is 3. The number of hydrogen-bond acceptors (Lipinski definition) is 4. The third kappa shape index (κ3) is 4.30. The van der Waals surface area contributed by atoms with Gasteiger partial charge in [-0.15, -0.1) is 0 Å². The summed E-state index contributed by atoms with van der Waals surface area (Å²) >= 11 is 0. The highest BCUT2D eigenvalue weighted by Gasteiger charge is 2.34. The molecule has 2 aliphatic heterocycles. The fourth-order valence-electron chi connectivity index (χ4n) is 3.75. The Morgan fingerprint density at radius 2 is 1.89 bits per heavy atom. The second kappa shape index (κ2) is 8.64. The number of amides is 3. The summed E-state index contributed by atoms with van der Waals surface area (Å²) in [7, 11) is 0. The van der Waals surface area contributed by atoms with Gasteiger partial charge in [0.15, 0.2) is 11.6 Å². The van der Waals surface area contributed by atoms with Gasteiger partial charge in [-0.2, -0.15) is 0 Å². The average molecular weight is 394 g/mol. The maximum absolute atomic E-state index is 13.6. The van der Waals surface area contributed by atoms with Crippen LogP contribution in [0.5, 0.6) is 0 Å². The lowest BCUT2D eigenvalue weighted by Crippen LogP contribution is -2.57. The molecule has 0 bridgehead atoms. The molecule has 3 rings (SSSR count). The van der Waals surface area contributed by atoms with Gasteiger partial charge in [-0.1, -0.05) is 6.07 Å². The third-order valence-electron chi connectivity index (χ3n) is 5.31. The summed E-state index contributed by atoms with van der Waals surface area (Å²) in [6.07, 6.45) is 0.655. The van der Waals surface area contributed by atoms with Crippen molar-refractivity contribution in [2.45, 2.75) is 25.3 Å². The molecule has 2 aliphatic rings. The Morgan fingerprint density at radius 1 is 1.18 bits per heavy atom. The largest absolute Gasteiger partial charge is 0.350 e. The van der Waals surface area contributed by atoms with E-state index in [0.29, 0.717) is 44.7 Å². The van der Waals surface area contributed by atoms with E-state index in [0.717, 1.165) is 12.1 Å². The van der Waals surface area contributed by atoms with Crippen LogP contribution in [0.3, 0.4) is 0 Å². The molecule has 1 aromatic rings. The van der Waals surface area contributed by atoms with Gasteiger partial charge in [0, 0.05) is 38.1 Å². The van der Waals surface area contributed by atoms with Crippen molar-refractivity contribution < 1.29 is 23.2 Å². The molecule has 1 aromatic carbocycles. The molecular weight excluding hydrogens is 370 g/mol. The van der Waals surface area contributed by atoms with Gasteiger partial charge in [-0.3, -0.25) is 14.4 Å². The molecule has 0 radical (unpaired) electrons. The van der Waals surface area contributed by atoms with Gasteiger partial charge < -0.3 is 20.4 Å². The van der Waals surface area contributed by atoms with Gasteiger partial charge in [0.1, 0.15) is 6.54 Å². The van der Waals surface area contributed by atoms with Crippen molar-refractivity contribution in [1.29, 1.82) is 0 Å². The Balaban J connectivity index is 1.64. The molecule has 28 heavy (non-hydrogen) atoms. The summed E-state index contributed by atoms with van der Waals surface area (Å²) in [5, 5.41) is 6.05. The number of halogens is 2. The lowest BCUT2D eigenvalue weighted by atomic mass is 9.86. The summed E-state index contributed by atoms with van der Waals surface area (Å²) in [4.78, 5) is 39.3. The number of nitrogens with one attached hydrogen (secondary N) is 2. The number of piperazine rings is 1. The van der Waals surface area contributed by atoms with Crippen LogP contribution in [0.2, 0.25) is 0 Å². The highest BCUT2D eigenvalue weighted by atomic mass is 19.2. The summed E-state index contributed by atoms with van der Waals surface area (Å²) in [5.74, 6) is -3.66. The van der Waals surface area contributed by atoms with Crippen molar-refractivity contribution in [2.24, 2.45) is 0 Å². The molecule has 0 aromatic heterocycles. The number of carbonyl (C=O) groups is 3. The van der Waals surface area contributed by atoms with Crippen molar-refractivity contribution in [2.75, 3.05) is 39.3 Å². The molecule has 2 saturated heterocycles. The number of benzene rings is 1. The Kier molecular flexibility index (Phi) is 6.23. The molecule has 2 unspecified atom stereocenters. The molecular formula is C19H24F2N4O3. The van der Waals surface area contributed by atoms with Crippen molar-refractivity contribution in [3.63, 3.8) is 0 Å². The zero-order chi connectivity index (χ0) is 20.3. The molecule has 7 nitrogen and oxygen atoms in total. The van der Waals surface area contributed by atoms with Crippen LogP contribution in [0.15, 0.2) is 18.2 Å². The molecule has 2 atom stereocenters. The van der Waals surface area contributed by atoms with E-state index in [4.69, 9.17) is 0 Å². The first-order chi connectivity index (χ1) is 13.4. The standard InChI is InChI=1S/C19H24F2N4O3/c1-2-24-7-8-25(19(28)18(24)27)11-17(26)23-16-10-22-6-5-13(16)12-3-4-14(20)15(21)9-12/h3-4,9,13,16,22H,2,5-8,10-11H2,1H3,(H,23,26). The Hall–Kier alpha value is -2.55. The molecule has 0 spiro atoms. The first-order valence-electron chi connectivity index (χ1n) is 9.44. The molecule has 152 valence electrons. The molecule has 9 heteroatoms. The summed E-state index contributed by atoms with van der Waals surface area (Å²) in [5.41, 5.74) is 0.619. The van der Waals surface area contributed by atoms with Crippen LogP contribution in [0.25, 0.3) is 0 Å². The maximum atomic E-state index is 13.6. The van der Waals surface area contributed by atoms with Crippen LogP contribution in [-0.2, 0) is 14.4 Å². The maximum Gasteiger partial charge on any atom is 0.312 e. The lowest BCUT2D eigenvalue weighted by molar-refractivity contribution is -0.156. The topological polar surface area (TPSA) is 81.8 Å². The van der Waals surface area contributed by atoms with Gasteiger partial charge >= 0.3 is 11.8 Å². The van der Waals surface area contributed by atoms with Gasteiger partial charge in [0.05, 0.1) is 0 Å². The van der Waals surface area contributed by atoms with E-state index in [1.165, 1.54) is 15.9 Å². The molecule has 2 fully saturated rings. The monoisotopic (exact) mass is 394 g/mol. The van der Waals surface area contributed by atoms with Gasteiger partial charge in [-0.05, 0) is 37.6 Å². The summed E-state index contributed by atoms with van der Waals surface area (Å²) in [6, 6.07) is 3.45. The van der Waals surface area contributed by atoms with Crippen LogP contribution in [0.1, 0.15) is 24.8 Å². The third-order valence-corrected chi connectivity index (χ3v) is 5.31. The summed E-state index contributed by atoms with van der Waals surface area (Å²) < 4.78 is 26.8. The van der Waals surface area contributed by atoms with E-state index >= 15 is 0 Å². The SMILES string of the molecule is CCN1CCN(CC(=O)NC2CNCCC2c2ccc(F)c(F)c2)C(=O)C1=O. The normalized spacial score (nSPS) is 23.1. The van der Waals surface area contributed by atoms with Gasteiger partial charge in [0.25, 0.3) is 0 Å². The van der Waals surface area contributed by atoms with Crippen LogP contribution in [0, 0.1) is 11.6 Å². The molecule has 2 heterocycles. The van der Waals surface area contributed by atoms with E-state index in [9.17, 15) is 23.2 Å². The fourth-order valence-corrected chi connectivity index (χ4v) is 3.75.